The average molecular weight is 211 g/mol. The molecule has 1 rings (SSSR count). The van der Waals surface area contributed by atoms with Crippen LogP contribution in [0.1, 0.15) is 15.9 Å². The van der Waals surface area contributed by atoms with E-state index in [4.69, 9.17) is 11.5 Å². The lowest BCUT2D eigenvalue weighted by molar-refractivity contribution is 0.1000. The zero-order chi connectivity index (χ0) is 11.3. The van der Waals surface area contributed by atoms with Gasteiger partial charge in [0.15, 0.2) is 0 Å². The molecule has 5 heteroatoms. The molecule has 15 heavy (non-hydrogen) atoms. The maximum Gasteiger partial charge on any atom is 0.248 e. The molecule has 4 nitrogen and oxygen atoms in total. The molecule has 0 unspecified atom stereocenters. The number of nitrogens with two attached hydrogens (primary N) is 2. The number of amides is 1. The van der Waals surface area contributed by atoms with E-state index >= 15 is 0 Å². The molecule has 0 spiro atoms. The standard InChI is InChI=1S/C10H14FN3O/c11-9-2-1-7(10(13)15)5-8(9)6-14-4-3-12/h1-2,5,14H,3-4,6,12H2,(H2,13,15). The maximum atomic E-state index is 13.2. The molecular formula is C10H14FN3O. The van der Waals surface area contributed by atoms with Crippen molar-refractivity contribution in [2.24, 2.45) is 11.5 Å². The molecule has 0 aliphatic rings. The fourth-order valence-electron chi connectivity index (χ4n) is 1.19. The number of nitrogens with one attached hydrogen (secondary N) is 1. The minimum Gasteiger partial charge on any atom is -0.366 e. The molecule has 0 fully saturated rings. The summed E-state index contributed by atoms with van der Waals surface area (Å²) >= 11 is 0. The third kappa shape index (κ3) is 3.30. The van der Waals surface area contributed by atoms with Crippen molar-refractivity contribution >= 4 is 5.91 Å². The Morgan fingerprint density at radius 3 is 2.80 bits per heavy atom. The van der Waals surface area contributed by atoms with Gasteiger partial charge in [0.25, 0.3) is 0 Å². The summed E-state index contributed by atoms with van der Waals surface area (Å²) in [4.78, 5) is 10.9. The van der Waals surface area contributed by atoms with Crippen molar-refractivity contribution in [3.63, 3.8) is 0 Å². The molecule has 0 atom stereocenters. The molecule has 0 radical (unpaired) electrons. The average Bonchev–Trinajstić information content (AvgIpc) is 2.20. The predicted molar refractivity (Wildman–Crippen MR) is 55.7 cm³/mol. The molecule has 1 aromatic rings. The van der Waals surface area contributed by atoms with Crippen LogP contribution in [0.25, 0.3) is 0 Å². The van der Waals surface area contributed by atoms with Crippen LogP contribution in [0.2, 0.25) is 0 Å². The largest absolute Gasteiger partial charge is 0.366 e. The van der Waals surface area contributed by atoms with E-state index < -0.39 is 5.91 Å². The third-order valence-corrected chi connectivity index (χ3v) is 1.97. The first kappa shape index (κ1) is 11.6. The van der Waals surface area contributed by atoms with Crippen LogP contribution < -0.4 is 16.8 Å². The molecule has 1 amide bonds. The van der Waals surface area contributed by atoms with Gasteiger partial charge < -0.3 is 16.8 Å². The lowest BCUT2D eigenvalue weighted by Crippen LogP contribution is -2.22. The minimum absolute atomic E-state index is 0.306. The van der Waals surface area contributed by atoms with Crippen molar-refractivity contribution in [1.82, 2.24) is 5.32 Å². The molecule has 0 aliphatic carbocycles. The summed E-state index contributed by atoms with van der Waals surface area (Å²) in [6.07, 6.45) is 0. The van der Waals surface area contributed by atoms with Gasteiger partial charge in [-0.2, -0.15) is 0 Å². The summed E-state index contributed by atoms with van der Waals surface area (Å²) in [6, 6.07) is 4.05. The zero-order valence-electron chi connectivity index (χ0n) is 8.29. The van der Waals surface area contributed by atoms with Gasteiger partial charge in [-0.05, 0) is 18.2 Å². The van der Waals surface area contributed by atoms with Gasteiger partial charge in [0, 0.05) is 30.8 Å². The molecule has 82 valence electrons. The Bertz CT molecular complexity index is 355. The highest BCUT2D eigenvalue weighted by molar-refractivity contribution is 5.92. The second-order valence-electron chi connectivity index (χ2n) is 3.14. The number of halogens is 1. The minimum atomic E-state index is -0.560. The monoisotopic (exact) mass is 211 g/mol. The topological polar surface area (TPSA) is 81.1 Å². The van der Waals surface area contributed by atoms with E-state index in [0.29, 0.717) is 30.8 Å². The van der Waals surface area contributed by atoms with Gasteiger partial charge in [-0.1, -0.05) is 0 Å². The summed E-state index contributed by atoms with van der Waals surface area (Å²) in [7, 11) is 0. The molecule has 0 heterocycles. The SMILES string of the molecule is NCCNCc1cc(C(N)=O)ccc1F. The number of hydrogen-bond donors (Lipinski definition) is 3. The highest BCUT2D eigenvalue weighted by Crippen LogP contribution is 2.09. The fourth-order valence-corrected chi connectivity index (χ4v) is 1.19. The molecule has 0 saturated carbocycles. The van der Waals surface area contributed by atoms with Crippen molar-refractivity contribution in [3.8, 4) is 0 Å². The van der Waals surface area contributed by atoms with Gasteiger partial charge in [0.1, 0.15) is 5.82 Å². The van der Waals surface area contributed by atoms with Crippen LogP contribution in [-0.2, 0) is 6.54 Å². The zero-order valence-corrected chi connectivity index (χ0v) is 8.29. The highest BCUT2D eigenvalue weighted by atomic mass is 19.1. The van der Waals surface area contributed by atoms with Gasteiger partial charge in [0.05, 0.1) is 0 Å². The molecule has 1 aromatic carbocycles. The lowest BCUT2D eigenvalue weighted by Gasteiger charge is -2.06. The first-order valence-corrected chi connectivity index (χ1v) is 4.64. The number of benzene rings is 1. The van der Waals surface area contributed by atoms with Crippen molar-refractivity contribution in [2.75, 3.05) is 13.1 Å². The Morgan fingerprint density at radius 2 is 2.20 bits per heavy atom. The first-order chi connectivity index (χ1) is 7.15. The number of carbonyl (C=O) groups excluding carboxylic acids is 1. The van der Waals surface area contributed by atoms with Crippen LogP contribution in [0.5, 0.6) is 0 Å². The van der Waals surface area contributed by atoms with Crippen LogP contribution in [0.15, 0.2) is 18.2 Å². The Hall–Kier alpha value is -1.46. The van der Waals surface area contributed by atoms with Crippen molar-refractivity contribution in [1.29, 1.82) is 0 Å². The Kier molecular flexibility index (Phi) is 4.20. The van der Waals surface area contributed by atoms with E-state index in [9.17, 15) is 9.18 Å². The Balaban J connectivity index is 2.76. The van der Waals surface area contributed by atoms with E-state index in [2.05, 4.69) is 5.32 Å². The third-order valence-electron chi connectivity index (χ3n) is 1.97. The van der Waals surface area contributed by atoms with Crippen molar-refractivity contribution in [2.45, 2.75) is 6.54 Å². The summed E-state index contributed by atoms with van der Waals surface area (Å²) in [5.41, 5.74) is 11.1. The van der Waals surface area contributed by atoms with Crippen molar-refractivity contribution in [3.05, 3.63) is 35.1 Å². The molecule has 5 N–H and O–H groups in total. The second kappa shape index (κ2) is 5.43. The number of carbonyl (C=O) groups is 1. The van der Waals surface area contributed by atoms with E-state index in [1.807, 2.05) is 0 Å². The molecule has 0 saturated heterocycles. The Labute approximate surface area is 87.4 Å². The molecular weight excluding hydrogens is 197 g/mol. The first-order valence-electron chi connectivity index (χ1n) is 4.64. The molecule has 0 aromatic heterocycles. The van der Waals surface area contributed by atoms with Gasteiger partial charge in [-0.15, -0.1) is 0 Å². The van der Waals surface area contributed by atoms with Gasteiger partial charge in [0.2, 0.25) is 5.91 Å². The second-order valence-corrected chi connectivity index (χ2v) is 3.14. The Morgan fingerprint density at radius 1 is 1.47 bits per heavy atom. The van der Waals surface area contributed by atoms with E-state index in [0.717, 1.165) is 0 Å². The summed E-state index contributed by atoms with van der Waals surface area (Å²) in [5, 5.41) is 2.94. The number of hydrogen-bond acceptors (Lipinski definition) is 3. The normalized spacial score (nSPS) is 10.3. The highest BCUT2D eigenvalue weighted by Gasteiger charge is 2.06. The molecule has 0 bridgehead atoms. The van der Waals surface area contributed by atoms with Crippen molar-refractivity contribution < 1.29 is 9.18 Å². The van der Waals surface area contributed by atoms with E-state index in [-0.39, 0.29) is 5.82 Å². The number of rotatable bonds is 5. The van der Waals surface area contributed by atoms with Crippen LogP contribution in [0.3, 0.4) is 0 Å². The van der Waals surface area contributed by atoms with Crippen LogP contribution in [-0.4, -0.2) is 19.0 Å². The number of primary amides is 1. The smallest absolute Gasteiger partial charge is 0.248 e. The summed E-state index contributed by atoms with van der Waals surface area (Å²) in [5.74, 6) is -0.917. The van der Waals surface area contributed by atoms with Crippen LogP contribution >= 0.6 is 0 Å². The summed E-state index contributed by atoms with van der Waals surface area (Å²) in [6.45, 7) is 1.42. The van der Waals surface area contributed by atoms with Crippen LogP contribution in [0, 0.1) is 5.82 Å². The molecule has 0 aliphatic heterocycles. The van der Waals surface area contributed by atoms with E-state index in [1.165, 1.54) is 18.2 Å². The van der Waals surface area contributed by atoms with Gasteiger partial charge in [-0.25, -0.2) is 4.39 Å². The van der Waals surface area contributed by atoms with E-state index in [1.54, 1.807) is 0 Å². The maximum absolute atomic E-state index is 13.2. The fraction of sp³-hybridized carbons (Fsp3) is 0.300. The predicted octanol–water partition coefficient (Wildman–Crippen LogP) is -0.0271. The van der Waals surface area contributed by atoms with Crippen LogP contribution in [0.4, 0.5) is 4.39 Å². The summed E-state index contributed by atoms with van der Waals surface area (Å²) < 4.78 is 13.2. The quantitative estimate of drug-likeness (QED) is 0.598. The van der Waals surface area contributed by atoms with Gasteiger partial charge in [-0.3, -0.25) is 4.79 Å². The van der Waals surface area contributed by atoms with Gasteiger partial charge >= 0.3 is 0 Å². The lowest BCUT2D eigenvalue weighted by atomic mass is 10.1.